The summed E-state index contributed by atoms with van der Waals surface area (Å²) in [5, 5.41) is 2.80. The second-order valence-electron chi connectivity index (χ2n) is 7.52. The third kappa shape index (κ3) is 5.31. The standard InChI is InChI=1S/C22H28N2O5S/c1-5-29-22-11-16(7-9-21(22)28-3)20(14-30(4,26)27)24-12-17-6-8-19(23-15(2)25)10-18(17)13-24/h6-11,20H,5,12-14H2,1-4H3,(H,23,25). The summed E-state index contributed by atoms with van der Waals surface area (Å²) in [5.41, 5.74) is 3.81. The van der Waals surface area contributed by atoms with E-state index in [1.165, 1.54) is 13.2 Å². The van der Waals surface area contributed by atoms with Crippen LogP contribution in [-0.2, 0) is 27.7 Å². The number of hydrogen-bond acceptors (Lipinski definition) is 6. The number of rotatable bonds is 8. The fourth-order valence-electron chi connectivity index (χ4n) is 3.79. The summed E-state index contributed by atoms with van der Waals surface area (Å²) in [5.74, 6) is 1.09. The zero-order valence-corrected chi connectivity index (χ0v) is 18.6. The van der Waals surface area contributed by atoms with Crippen LogP contribution in [0.4, 0.5) is 5.69 Å². The lowest BCUT2D eigenvalue weighted by Gasteiger charge is -2.28. The number of fused-ring (bicyclic) bond motifs is 1. The summed E-state index contributed by atoms with van der Waals surface area (Å²) in [6.07, 6.45) is 1.26. The molecule has 3 rings (SSSR count). The van der Waals surface area contributed by atoms with Gasteiger partial charge in [0, 0.05) is 38.0 Å². The van der Waals surface area contributed by atoms with Gasteiger partial charge in [-0.3, -0.25) is 9.69 Å². The molecule has 162 valence electrons. The highest BCUT2D eigenvalue weighted by Gasteiger charge is 2.30. The van der Waals surface area contributed by atoms with Gasteiger partial charge in [-0.05, 0) is 47.9 Å². The van der Waals surface area contributed by atoms with Crippen LogP contribution < -0.4 is 14.8 Å². The van der Waals surface area contributed by atoms with Crippen LogP contribution in [0, 0.1) is 0 Å². The molecule has 1 aliphatic rings. The quantitative estimate of drug-likeness (QED) is 0.690. The molecule has 0 saturated heterocycles. The van der Waals surface area contributed by atoms with E-state index in [2.05, 4.69) is 10.2 Å². The molecule has 8 heteroatoms. The van der Waals surface area contributed by atoms with E-state index in [0.717, 1.165) is 22.4 Å². The van der Waals surface area contributed by atoms with Crippen molar-refractivity contribution in [3.05, 3.63) is 53.1 Å². The SMILES string of the molecule is CCOc1cc(C(CS(C)(=O)=O)N2Cc3ccc(NC(C)=O)cc3C2)ccc1OC. The van der Waals surface area contributed by atoms with Gasteiger partial charge in [-0.25, -0.2) is 8.42 Å². The molecule has 1 N–H and O–H groups in total. The van der Waals surface area contributed by atoms with Crippen LogP contribution in [0.15, 0.2) is 36.4 Å². The van der Waals surface area contributed by atoms with Crippen molar-refractivity contribution in [2.75, 3.05) is 31.0 Å². The molecule has 2 aromatic rings. The summed E-state index contributed by atoms with van der Waals surface area (Å²) in [6.45, 7) is 5.08. The average Bonchev–Trinajstić information content (AvgIpc) is 3.08. The minimum Gasteiger partial charge on any atom is -0.493 e. The Balaban J connectivity index is 1.93. The summed E-state index contributed by atoms with van der Waals surface area (Å²) < 4.78 is 35.5. The van der Waals surface area contributed by atoms with Gasteiger partial charge in [0.25, 0.3) is 0 Å². The number of nitrogens with one attached hydrogen (secondary N) is 1. The maximum atomic E-state index is 12.2. The topological polar surface area (TPSA) is 84.9 Å². The van der Waals surface area contributed by atoms with Crippen LogP contribution in [0.2, 0.25) is 0 Å². The first-order valence-corrected chi connectivity index (χ1v) is 11.9. The number of benzene rings is 2. The number of carbonyl (C=O) groups is 1. The predicted octanol–water partition coefficient (Wildman–Crippen LogP) is 3.15. The molecule has 0 spiro atoms. The largest absolute Gasteiger partial charge is 0.493 e. The monoisotopic (exact) mass is 432 g/mol. The highest BCUT2D eigenvalue weighted by Crippen LogP contribution is 2.37. The summed E-state index contributed by atoms with van der Waals surface area (Å²) in [7, 11) is -1.65. The number of anilines is 1. The number of amides is 1. The van der Waals surface area contributed by atoms with Gasteiger partial charge >= 0.3 is 0 Å². The smallest absolute Gasteiger partial charge is 0.221 e. The van der Waals surface area contributed by atoms with Gasteiger partial charge < -0.3 is 14.8 Å². The van der Waals surface area contributed by atoms with E-state index < -0.39 is 9.84 Å². The maximum Gasteiger partial charge on any atom is 0.221 e. The minimum absolute atomic E-state index is 0.00254. The van der Waals surface area contributed by atoms with Crippen molar-refractivity contribution in [3.63, 3.8) is 0 Å². The fraction of sp³-hybridized carbons (Fsp3) is 0.409. The molecule has 1 heterocycles. The van der Waals surface area contributed by atoms with Gasteiger partial charge in [-0.2, -0.15) is 0 Å². The molecule has 7 nitrogen and oxygen atoms in total. The van der Waals surface area contributed by atoms with Crippen LogP contribution in [-0.4, -0.2) is 45.0 Å². The van der Waals surface area contributed by atoms with E-state index in [0.29, 0.717) is 31.2 Å². The highest BCUT2D eigenvalue weighted by molar-refractivity contribution is 7.90. The second kappa shape index (κ2) is 9.06. The molecule has 0 aromatic heterocycles. The average molecular weight is 433 g/mol. The Morgan fingerprint density at radius 3 is 2.50 bits per heavy atom. The minimum atomic E-state index is -3.23. The van der Waals surface area contributed by atoms with Gasteiger partial charge in [0.15, 0.2) is 11.5 Å². The van der Waals surface area contributed by atoms with Crippen LogP contribution >= 0.6 is 0 Å². The molecule has 2 aromatic carbocycles. The number of nitrogens with zero attached hydrogens (tertiary/aromatic N) is 1. The fourth-order valence-corrected chi connectivity index (χ4v) is 4.77. The van der Waals surface area contributed by atoms with E-state index in [1.54, 1.807) is 7.11 Å². The lowest BCUT2D eigenvalue weighted by molar-refractivity contribution is -0.114. The molecule has 1 atom stereocenters. The van der Waals surface area contributed by atoms with Crippen molar-refractivity contribution in [2.45, 2.75) is 33.0 Å². The van der Waals surface area contributed by atoms with E-state index in [-0.39, 0.29) is 17.7 Å². The predicted molar refractivity (Wildman–Crippen MR) is 117 cm³/mol. The van der Waals surface area contributed by atoms with Crippen LogP contribution in [0.25, 0.3) is 0 Å². The van der Waals surface area contributed by atoms with Gasteiger partial charge in [0.05, 0.1) is 19.5 Å². The molecule has 0 fully saturated rings. The number of methoxy groups -OCH3 is 1. The normalized spacial score (nSPS) is 14.8. The third-order valence-corrected chi connectivity index (χ3v) is 5.97. The molecule has 0 bridgehead atoms. The Bertz CT molecular complexity index is 1040. The Morgan fingerprint density at radius 2 is 1.87 bits per heavy atom. The number of hydrogen-bond donors (Lipinski definition) is 1. The van der Waals surface area contributed by atoms with Crippen molar-refractivity contribution in [1.29, 1.82) is 0 Å². The van der Waals surface area contributed by atoms with Crippen molar-refractivity contribution in [2.24, 2.45) is 0 Å². The second-order valence-corrected chi connectivity index (χ2v) is 9.71. The first kappa shape index (κ1) is 22.1. The van der Waals surface area contributed by atoms with Crippen LogP contribution in [0.5, 0.6) is 11.5 Å². The molecule has 1 unspecified atom stereocenters. The van der Waals surface area contributed by atoms with E-state index in [1.807, 2.05) is 43.3 Å². The van der Waals surface area contributed by atoms with Gasteiger partial charge in [0.1, 0.15) is 9.84 Å². The van der Waals surface area contributed by atoms with E-state index >= 15 is 0 Å². The van der Waals surface area contributed by atoms with Crippen LogP contribution in [0.1, 0.15) is 36.6 Å². The lowest BCUT2D eigenvalue weighted by atomic mass is 10.1. The van der Waals surface area contributed by atoms with E-state index in [4.69, 9.17) is 9.47 Å². The summed E-state index contributed by atoms with van der Waals surface area (Å²) in [6, 6.07) is 11.0. The zero-order chi connectivity index (χ0) is 21.9. The highest BCUT2D eigenvalue weighted by atomic mass is 32.2. The Morgan fingerprint density at radius 1 is 1.13 bits per heavy atom. The van der Waals surface area contributed by atoms with Crippen molar-refractivity contribution >= 4 is 21.4 Å². The molecule has 1 aliphatic heterocycles. The maximum absolute atomic E-state index is 12.2. The van der Waals surface area contributed by atoms with Crippen LogP contribution in [0.3, 0.4) is 0 Å². The van der Waals surface area contributed by atoms with Gasteiger partial charge in [-0.1, -0.05) is 12.1 Å². The molecular formula is C22H28N2O5S. The Labute approximate surface area is 177 Å². The van der Waals surface area contributed by atoms with Crippen molar-refractivity contribution in [3.8, 4) is 11.5 Å². The molecule has 0 saturated carbocycles. The zero-order valence-electron chi connectivity index (χ0n) is 17.8. The molecule has 0 aliphatic carbocycles. The summed E-state index contributed by atoms with van der Waals surface area (Å²) >= 11 is 0. The van der Waals surface area contributed by atoms with Crippen molar-refractivity contribution < 1.29 is 22.7 Å². The Kier molecular flexibility index (Phi) is 6.67. The molecule has 30 heavy (non-hydrogen) atoms. The summed E-state index contributed by atoms with van der Waals surface area (Å²) in [4.78, 5) is 13.5. The molecular weight excluding hydrogens is 404 g/mol. The molecule has 1 amide bonds. The lowest BCUT2D eigenvalue weighted by Crippen LogP contribution is -2.29. The van der Waals surface area contributed by atoms with Crippen molar-refractivity contribution in [1.82, 2.24) is 4.90 Å². The Hall–Kier alpha value is -2.58. The first-order chi connectivity index (χ1) is 14.2. The van der Waals surface area contributed by atoms with E-state index in [9.17, 15) is 13.2 Å². The first-order valence-electron chi connectivity index (χ1n) is 9.82. The third-order valence-electron chi connectivity index (χ3n) is 5.05. The number of ether oxygens (including phenoxy) is 2. The number of sulfone groups is 1. The van der Waals surface area contributed by atoms with Gasteiger partial charge in [0.2, 0.25) is 5.91 Å². The number of carbonyl (C=O) groups excluding carboxylic acids is 1. The molecule has 0 radical (unpaired) electrons. The van der Waals surface area contributed by atoms with Gasteiger partial charge in [-0.15, -0.1) is 0 Å².